The number of amides is 1. The van der Waals surface area contributed by atoms with E-state index in [0.29, 0.717) is 19.3 Å². The third-order valence-electron chi connectivity index (χ3n) is 10.6. The number of aliphatic hydroxyl groups is 2. The molecule has 6 nitrogen and oxygen atoms in total. The lowest BCUT2D eigenvalue weighted by atomic mass is 10.0. The summed E-state index contributed by atoms with van der Waals surface area (Å²) < 4.78 is 5.89. The minimum Gasteiger partial charge on any atom is -0.462 e. The summed E-state index contributed by atoms with van der Waals surface area (Å²) in [6.07, 6.45) is 56.7. The number of allylic oxidation sites excluding steroid dienone is 12. The number of carbonyl (C=O) groups is 2. The first-order valence-electron chi connectivity index (χ1n) is 24.2. The molecule has 3 unspecified atom stereocenters. The van der Waals surface area contributed by atoms with Crippen molar-refractivity contribution in [2.24, 2.45) is 0 Å². The highest BCUT2D eigenvalue weighted by molar-refractivity contribution is 5.77. The Labute approximate surface area is 358 Å². The highest BCUT2D eigenvalue weighted by atomic mass is 16.5. The van der Waals surface area contributed by atoms with E-state index in [1.807, 2.05) is 0 Å². The minimum absolute atomic E-state index is 0.0404. The number of aliphatic hydroxyl groups excluding tert-OH is 2. The molecule has 0 heterocycles. The molecule has 1 amide bonds. The number of hydrogen-bond donors (Lipinski definition) is 3. The third kappa shape index (κ3) is 40.1. The summed E-state index contributed by atoms with van der Waals surface area (Å²) in [4.78, 5) is 26.0. The van der Waals surface area contributed by atoms with E-state index in [2.05, 4.69) is 99.0 Å². The van der Waals surface area contributed by atoms with Gasteiger partial charge in [-0.05, 0) is 83.5 Å². The van der Waals surface area contributed by atoms with Crippen LogP contribution in [0.25, 0.3) is 0 Å². The molecular weight excluding hydrogens is 719 g/mol. The zero-order valence-electron chi connectivity index (χ0n) is 37.9. The molecular formula is C52H91NO5. The number of carbonyl (C=O) groups excluding carboxylic acids is 2. The lowest BCUT2D eigenvalue weighted by Crippen LogP contribution is -2.46. The summed E-state index contributed by atoms with van der Waals surface area (Å²) in [5, 5.41) is 23.7. The summed E-state index contributed by atoms with van der Waals surface area (Å²) in [5.41, 5.74) is 0. The van der Waals surface area contributed by atoms with Crippen LogP contribution < -0.4 is 5.32 Å². The fourth-order valence-corrected chi connectivity index (χ4v) is 6.91. The Hall–Kier alpha value is -2.70. The van der Waals surface area contributed by atoms with Gasteiger partial charge in [-0.1, -0.05) is 196 Å². The second-order valence-electron chi connectivity index (χ2n) is 16.2. The molecule has 0 aliphatic carbocycles. The largest absolute Gasteiger partial charge is 0.462 e. The molecule has 0 saturated carbocycles. The van der Waals surface area contributed by atoms with Gasteiger partial charge >= 0.3 is 5.97 Å². The Balaban J connectivity index is 4.72. The zero-order chi connectivity index (χ0) is 42.4. The topological polar surface area (TPSA) is 95.9 Å². The molecule has 0 spiro atoms. The smallest absolute Gasteiger partial charge is 0.306 e. The second-order valence-corrected chi connectivity index (χ2v) is 16.2. The lowest BCUT2D eigenvalue weighted by Gasteiger charge is -2.24. The molecule has 0 aromatic heterocycles. The lowest BCUT2D eigenvalue weighted by molar-refractivity contribution is -0.151. The maximum Gasteiger partial charge on any atom is 0.306 e. The van der Waals surface area contributed by atoms with Gasteiger partial charge in [-0.2, -0.15) is 0 Å². The number of nitrogens with one attached hydrogen (secondary N) is 1. The SMILES string of the molecule is CC/C=C/C=C/C=C\CCCCCCCC(=O)OC(CCCC/C=C\C/C=C\C/C=C\CCCCC)CC(=O)NC(CO)C(O)CCCCCCCCCCCCC. The molecule has 0 fully saturated rings. The maximum atomic E-state index is 13.2. The van der Waals surface area contributed by atoms with E-state index in [9.17, 15) is 19.8 Å². The van der Waals surface area contributed by atoms with Crippen molar-refractivity contribution in [1.82, 2.24) is 5.32 Å². The second kappa shape index (κ2) is 45.4. The Kier molecular flexibility index (Phi) is 43.3. The summed E-state index contributed by atoms with van der Waals surface area (Å²) in [6.45, 7) is 6.29. The van der Waals surface area contributed by atoms with Gasteiger partial charge in [-0.25, -0.2) is 0 Å². The predicted molar refractivity (Wildman–Crippen MR) is 250 cm³/mol. The van der Waals surface area contributed by atoms with E-state index in [4.69, 9.17) is 4.74 Å². The highest BCUT2D eigenvalue weighted by Crippen LogP contribution is 2.17. The molecule has 0 aliphatic rings. The first-order chi connectivity index (χ1) is 28.5. The Bertz CT molecular complexity index is 1090. The van der Waals surface area contributed by atoms with Crippen molar-refractivity contribution in [2.45, 2.75) is 238 Å². The molecule has 58 heavy (non-hydrogen) atoms. The molecule has 334 valence electrons. The van der Waals surface area contributed by atoms with Crippen molar-refractivity contribution in [2.75, 3.05) is 6.61 Å². The first-order valence-corrected chi connectivity index (χ1v) is 24.2. The van der Waals surface area contributed by atoms with E-state index in [1.54, 1.807) is 0 Å². The Morgan fingerprint density at radius 1 is 0.534 bits per heavy atom. The average molecular weight is 810 g/mol. The number of unbranched alkanes of at least 4 members (excludes halogenated alkanes) is 20. The van der Waals surface area contributed by atoms with E-state index in [0.717, 1.165) is 96.3 Å². The van der Waals surface area contributed by atoms with Gasteiger partial charge in [0.2, 0.25) is 5.91 Å². The van der Waals surface area contributed by atoms with Crippen molar-refractivity contribution in [3.8, 4) is 0 Å². The van der Waals surface area contributed by atoms with Gasteiger partial charge in [0.05, 0.1) is 25.2 Å². The standard InChI is InChI=1S/C52H91NO5/c1-4-7-10-13-16-19-22-24-25-27-29-31-34-37-40-43-48(58-52(57)45-42-39-36-33-30-26-23-20-17-14-11-8-5-2)46-51(56)53-49(47-54)50(55)44-41-38-35-32-28-21-18-15-12-9-6-3/h8,11,14,16-17,19-20,23-25,29,31,48-50,54-55H,4-7,9-10,12-13,15,18,21-22,26-28,30,32-47H2,1-3H3,(H,53,56)/b11-8+,17-14+,19-16-,23-20-,25-24-,31-29-. The van der Waals surface area contributed by atoms with E-state index < -0.39 is 18.2 Å². The van der Waals surface area contributed by atoms with Crippen LogP contribution in [0.2, 0.25) is 0 Å². The van der Waals surface area contributed by atoms with Gasteiger partial charge in [0.1, 0.15) is 6.10 Å². The monoisotopic (exact) mass is 810 g/mol. The molecule has 0 aromatic carbocycles. The van der Waals surface area contributed by atoms with Crippen LogP contribution in [0.1, 0.15) is 220 Å². The van der Waals surface area contributed by atoms with Crippen LogP contribution in [-0.4, -0.2) is 46.9 Å². The van der Waals surface area contributed by atoms with Gasteiger partial charge in [-0.15, -0.1) is 0 Å². The summed E-state index contributed by atoms with van der Waals surface area (Å²) in [7, 11) is 0. The van der Waals surface area contributed by atoms with Gasteiger partial charge in [-0.3, -0.25) is 9.59 Å². The highest BCUT2D eigenvalue weighted by Gasteiger charge is 2.24. The van der Waals surface area contributed by atoms with Gasteiger partial charge in [0, 0.05) is 6.42 Å². The van der Waals surface area contributed by atoms with Crippen LogP contribution in [0.4, 0.5) is 0 Å². The number of hydrogen-bond acceptors (Lipinski definition) is 5. The van der Waals surface area contributed by atoms with Crippen LogP contribution >= 0.6 is 0 Å². The molecule has 0 aromatic rings. The molecule has 6 heteroatoms. The summed E-state index contributed by atoms with van der Waals surface area (Å²) >= 11 is 0. The van der Waals surface area contributed by atoms with Crippen LogP contribution in [0.15, 0.2) is 72.9 Å². The molecule has 0 rings (SSSR count). The number of ether oxygens (including phenoxy) is 1. The normalized spacial score (nSPS) is 13.9. The predicted octanol–water partition coefficient (Wildman–Crippen LogP) is 14.2. The van der Waals surface area contributed by atoms with Crippen molar-refractivity contribution < 1.29 is 24.5 Å². The molecule has 0 saturated heterocycles. The van der Waals surface area contributed by atoms with Crippen molar-refractivity contribution in [3.63, 3.8) is 0 Å². The van der Waals surface area contributed by atoms with Crippen molar-refractivity contribution >= 4 is 11.9 Å². The minimum atomic E-state index is -0.803. The summed E-state index contributed by atoms with van der Waals surface area (Å²) in [6, 6.07) is -0.720. The summed E-state index contributed by atoms with van der Waals surface area (Å²) in [5.74, 6) is -0.540. The molecule has 3 N–H and O–H groups in total. The van der Waals surface area contributed by atoms with Crippen molar-refractivity contribution in [3.05, 3.63) is 72.9 Å². The van der Waals surface area contributed by atoms with Gasteiger partial charge in [0.15, 0.2) is 0 Å². The van der Waals surface area contributed by atoms with Gasteiger partial charge in [0.25, 0.3) is 0 Å². The molecule has 0 bridgehead atoms. The van der Waals surface area contributed by atoms with Crippen LogP contribution in [0.5, 0.6) is 0 Å². The third-order valence-corrected chi connectivity index (χ3v) is 10.6. The molecule has 0 aliphatic heterocycles. The fourth-order valence-electron chi connectivity index (χ4n) is 6.91. The number of rotatable bonds is 42. The zero-order valence-corrected chi connectivity index (χ0v) is 37.9. The molecule has 3 atom stereocenters. The van der Waals surface area contributed by atoms with Crippen LogP contribution in [0, 0.1) is 0 Å². The average Bonchev–Trinajstić information content (AvgIpc) is 3.22. The van der Waals surface area contributed by atoms with E-state index >= 15 is 0 Å². The fraction of sp³-hybridized carbons (Fsp3) is 0.731. The molecule has 0 radical (unpaired) electrons. The van der Waals surface area contributed by atoms with Gasteiger partial charge < -0.3 is 20.3 Å². The first kappa shape index (κ1) is 55.3. The maximum absolute atomic E-state index is 13.2. The van der Waals surface area contributed by atoms with Crippen LogP contribution in [0.3, 0.4) is 0 Å². The number of esters is 1. The quantitative estimate of drug-likeness (QED) is 0.0247. The van der Waals surface area contributed by atoms with Crippen LogP contribution in [-0.2, 0) is 14.3 Å². The Morgan fingerprint density at radius 2 is 1.00 bits per heavy atom. The van der Waals surface area contributed by atoms with E-state index in [-0.39, 0.29) is 24.9 Å². The van der Waals surface area contributed by atoms with E-state index in [1.165, 1.54) is 77.0 Å². The Morgan fingerprint density at radius 3 is 1.60 bits per heavy atom. The van der Waals surface area contributed by atoms with Crippen molar-refractivity contribution in [1.29, 1.82) is 0 Å².